The van der Waals surface area contributed by atoms with Gasteiger partial charge in [-0.15, -0.1) is 0 Å². The van der Waals surface area contributed by atoms with Crippen molar-refractivity contribution >= 4 is 6.09 Å². The van der Waals surface area contributed by atoms with E-state index in [1.807, 2.05) is 13.8 Å². The fourth-order valence-corrected chi connectivity index (χ4v) is 4.94. The van der Waals surface area contributed by atoms with Crippen LogP contribution < -0.4 is 0 Å². The Labute approximate surface area is 110 Å². The first-order chi connectivity index (χ1) is 8.51. The second-order valence-electron chi connectivity index (χ2n) is 6.86. The molecule has 19 heavy (non-hydrogen) atoms. The Balaban J connectivity index is 2.27. The maximum Gasteiger partial charge on any atom is 0.431 e. The first-order valence-corrected chi connectivity index (χ1v) is 6.53. The number of halogens is 3. The molecule has 1 saturated heterocycles. The molecule has 4 atom stereocenters. The molecular formula is C13H18F3NO2. The molecule has 0 aromatic carbocycles. The molecule has 0 radical (unpaired) electrons. The number of nitrogens with zero attached hydrogens (tertiary/aromatic N) is 1. The molecule has 0 spiro atoms. The van der Waals surface area contributed by atoms with Crippen molar-refractivity contribution in [3.63, 3.8) is 0 Å². The third kappa shape index (κ3) is 1.04. The lowest BCUT2D eigenvalue weighted by Crippen LogP contribution is -2.63. The third-order valence-electron chi connectivity index (χ3n) is 6.30. The molecule has 3 fully saturated rings. The van der Waals surface area contributed by atoms with Crippen LogP contribution in [0.25, 0.3) is 0 Å². The van der Waals surface area contributed by atoms with Crippen LogP contribution >= 0.6 is 0 Å². The molecule has 3 aliphatic rings. The Morgan fingerprint density at radius 2 is 1.89 bits per heavy atom. The molecule has 0 aromatic rings. The first-order valence-electron chi connectivity index (χ1n) is 6.53. The number of amides is 1. The molecular weight excluding hydrogens is 259 g/mol. The fourth-order valence-electron chi connectivity index (χ4n) is 4.94. The molecule has 2 saturated carbocycles. The highest BCUT2D eigenvalue weighted by Crippen LogP contribution is 2.76. The van der Waals surface area contributed by atoms with Gasteiger partial charge in [-0.1, -0.05) is 20.8 Å². The number of alkyl halides is 3. The van der Waals surface area contributed by atoms with Crippen molar-refractivity contribution in [3.8, 4) is 0 Å². The zero-order chi connectivity index (χ0) is 14.4. The van der Waals surface area contributed by atoms with Crippen molar-refractivity contribution < 1.29 is 22.7 Å². The van der Waals surface area contributed by atoms with E-state index < -0.39 is 34.7 Å². The molecule has 1 heterocycles. The molecule has 0 N–H and O–H groups in total. The quantitative estimate of drug-likeness (QED) is 0.680. The number of carbonyl (C=O) groups excluding carboxylic acids is 1. The van der Waals surface area contributed by atoms with Gasteiger partial charge in [0.15, 0.2) is 0 Å². The van der Waals surface area contributed by atoms with E-state index in [-0.39, 0.29) is 5.92 Å². The normalized spacial score (nSPS) is 47.5. The van der Waals surface area contributed by atoms with E-state index in [0.717, 1.165) is 4.90 Å². The Hall–Kier alpha value is -0.940. The molecule has 1 amide bonds. The van der Waals surface area contributed by atoms with Crippen LogP contribution in [0.1, 0.15) is 33.6 Å². The molecule has 3 nitrogen and oxygen atoms in total. The van der Waals surface area contributed by atoms with Gasteiger partial charge in [0.1, 0.15) is 0 Å². The van der Waals surface area contributed by atoms with Crippen LogP contribution in [0.3, 0.4) is 0 Å². The van der Waals surface area contributed by atoms with Crippen molar-refractivity contribution in [3.05, 3.63) is 0 Å². The zero-order valence-corrected chi connectivity index (χ0v) is 11.5. The minimum atomic E-state index is -4.54. The van der Waals surface area contributed by atoms with Gasteiger partial charge in [0.05, 0.1) is 6.04 Å². The standard InChI is InChI=1S/C13H18F3NO2/c1-10(2)7-5-6-11(10,3)12(13(14,15)16)8(7)17(4)9(18)19-12/h7-8H,5-6H2,1-4H3/t7-,8-,11-,12-/m1/s1. The van der Waals surface area contributed by atoms with Crippen molar-refractivity contribution in [2.75, 3.05) is 7.05 Å². The van der Waals surface area contributed by atoms with Gasteiger partial charge in [0.2, 0.25) is 5.60 Å². The summed E-state index contributed by atoms with van der Waals surface area (Å²) in [6.07, 6.45) is -4.23. The highest BCUT2D eigenvalue weighted by Gasteiger charge is 2.87. The van der Waals surface area contributed by atoms with Crippen LogP contribution in [0, 0.1) is 16.7 Å². The van der Waals surface area contributed by atoms with Crippen molar-refractivity contribution in [1.82, 2.24) is 4.90 Å². The summed E-state index contributed by atoms with van der Waals surface area (Å²) >= 11 is 0. The molecule has 6 heteroatoms. The predicted octanol–water partition coefficient (Wildman–Crippen LogP) is 3.19. The van der Waals surface area contributed by atoms with Crippen LogP contribution in [-0.2, 0) is 4.74 Å². The van der Waals surface area contributed by atoms with E-state index in [4.69, 9.17) is 4.74 Å². The van der Waals surface area contributed by atoms with Gasteiger partial charge in [-0.2, -0.15) is 13.2 Å². The number of likely N-dealkylation sites (N-methyl/N-ethyl adjacent to an activating group) is 1. The zero-order valence-electron chi connectivity index (χ0n) is 11.5. The Bertz CT molecular complexity index is 461. The van der Waals surface area contributed by atoms with Crippen LogP contribution in [0.2, 0.25) is 0 Å². The number of hydrogen-bond acceptors (Lipinski definition) is 2. The predicted molar refractivity (Wildman–Crippen MR) is 61.4 cm³/mol. The molecule has 108 valence electrons. The van der Waals surface area contributed by atoms with Gasteiger partial charge in [0.25, 0.3) is 0 Å². The second kappa shape index (κ2) is 3.04. The highest BCUT2D eigenvalue weighted by molar-refractivity contribution is 5.73. The third-order valence-corrected chi connectivity index (χ3v) is 6.30. The van der Waals surface area contributed by atoms with Gasteiger partial charge < -0.3 is 9.64 Å². The van der Waals surface area contributed by atoms with Gasteiger partial charge in [-0.25, -0.2) is 4.79 Å². The average molecular weight is 277 g/mol. The first kappa shape index (κ1) is 13.1. The fraction of sp³-hybridized carbons (Fsp3) is 0.923. The Morgan fingerprint density at radius 3 is 2.37 bits per heavy atom. The highest BCUT2D eigenvalue weighted by atomic mass is 19.4. The minimum absolute atomic E-state index is 0.171. The lowest BCUT2D eigenvalue weighted by atomic mass is 9.63. The Kier molecular flexibility index (Phi) is 2.09. The summed E-state index contributed by atoms with van der Waals surface area (Å²) in [4.78, 5) is 12.9. The van der Waals surface area contributed by atoms with Gasteiger partial charge in [-0.3, -0.25) is 0 Å². The molecule has 0 unspecified atom stereocenters. The van der Waals surface area contributed by atoms with E-state index in [9.17, 15) is 18.0 Å². The number of fused-ring (bicyclic) bond motifs is 5. The van der Waals surface area contributed by atoms with Crippen LogP contribution in [-0.4, -0.2) is 35.9 Å². The van der Waals surface area contributed by atoms with E-state index in [1.54, 1.807) is 6.92 Å². The summed E-state index contributed by atoms with van der Waals surface area (Å²) in [6, 6.07) is -0.895. The lowest BCUT2D eigenvalue weighted by Gasteiger charge is -2.46. The maximum atomic E-state index is 13.8. The summed E-state index contributed by atoms with van der Waals surface area (Å²) in [6.45, 7) is 5.38. The average Bonchev–Trinajstić information content (AvgIpc) is 2.70. The van der Waals surface area contributed by atoms with Crippen molar-refractivity contribution in [2.45, 2.75) is 51.4 Å². The van der Waals surface area contributed by atoms with E-state index >= 15 is 0 Å². The number of hydrogen-bond donors (Lipinski definition) is 0. The SMILES string of the molecule is CN1C(=O)O[C@]2(C(F)(F)F)[C@H]1[C@H]1CC[C@]2(C)C1(C)C. The molecule has 2 aliphatic carbocycles. The van der Waals surface area contributed by atoms with E-state index in [1.165, 1.54) is 7.05 Å². The molecule has 2 bridgehead atoms. The van der Waals surface area contributed by atoms with Gasteiger partial charge >= 0.3 is 12.3 Å². The van der Waals surface area contributed by atoms with Crippen LogP contribution in [0.4, 0.5) is 18.0 Å². The number of ether oxygens (including phenoxy) is 1. The molecule has 3 rings (SSSR count). The lowest BCUT2D eigenvalue weighted by molar-refractivity contribution is -0.294. The molecule has 0 aromatic heterocycles. The number of carbonyl (C=O) groups is 1. The van der Waals surface area contributed by atoms with E-state index in [2.05, 4.69) is 0 Å². The topological polar surface area (TPSA) is 29.5 Å². The van der Waals surface area contributed by atoms with Crippen molar-refractivity contribution in [1.29, 1.82) is 0 Å². The molecule has 1 aliphatic heterocycles. The maximum absolute atomic E-state index is 13.8. The summed E-state index contributed by atoms with van der Waals surface area (Å²) in [5, 5.41) is 0. The smallest absolute Gasteiger partial charge is 0.430 e. The van der Waals surface area contributed by atoms with Gasteiger partial charge in [-0.05, 0) is 24.2 Å². The minimum Gasteiger partial charge on any atom is -0.430 e. The largest absolute Gasteiger partial charge is 0.431 e. The van der Waals surface area contributed by atoms with E-state index in [0.29, 0.717) is 12.8 Å². The van der Waals surface area contributed by atoms with Crippen molar-refractivity contribution in [2.24, 2.45) is 16.7 Å². The summed E-state index contributed by atoms with van der Waals surface area (Å²) in [5.41, 5.74) is -3.91. The number of rotatable bonds is 0. The summed E-state index contributed by atoms with van der Waals surface area (Å²) < 4.78 is 46.4. The summed E-state index contributed by atoms with van der Waals surface area (Å²) in [7, 11) is 1.42. The summed E-state index contributed by atoms with van der Waals surface area (Å²) in [5.74, 6) is -0.171. The monoisotopic (exact) mass is 277 g/mol. The Morgan fingerprint density at radius 1 is 1.32 bits per heavy atom. The second-order valence-corrected chi connectivity index (χ2v) is 6.86. The van der Waals surface area contributed by atoms with Crippen LogP contribution in [0.5, 0.6) is 0 Å². The van der Waals surface area contributed by atoms with Gasteiger partial charge in [0, 0.05) is 12.5 Å². The van der Waals surface area contributed by atoms with Crippen LogP contribution in [0.15, 0.2) is 0 Å².